The van der Waals surface area contributed by atoms with Crippen LogP contribution < -0.4 is 10.1 Å². The van der Waals surface area contributed by atoms with E-state index < -0.39 is 22.4 Å². The Bertz CT molecular complexity index is 160. The molecule has 8 heavy (non-hydrogen) atoms. The minimum Gasteiger partial charge on any atom is -0.395 e. The molecule has 5 nitrogen and oxygen atoms in total. The first-order chi connectivity index (χ1) is 3.62. The molecule has 0 aromatic carbocycles. The SMILES string of the molecule is [N]=[N+]S(=O)(=O)CCO. The van der Waals surface area contributed by atoms with Crippen molar-refractivity contribution in [1.29, 1.82) is 0 Å². The third kappa shape index (κ3) is 2.64. The largest absolute Gasteiger partial charge is 0.459 e. The van der Waals surface area contributed by atoms with Crippen molar-refractivity contribution in [2.45, 2.75) is 0 Å². The summed E-state index contributed by atoms with van der Waals surface area (Å²) < 4.78 is 22.1. The monoisotopic (exact) mass is 137 g/mol. The lowest BCUT2D eigenvalue weighted by Gasteiger charge is -1.75. The molecule has 0 aliphatic rings. The van der Waals surface area contributed by atoms with Gasteiger partial charge in [-0.1, -0.05) is 0 Å². The number of aliphatic hydroxyl groups is 1. The van der Waals surface area contributed by atoms with Gasteiger partial charge in [-0.15, -0.1) is 0 Å². The average molecular weight is 137 g/mol. The van der Waals surface area contributed by atoms with Crippen molar-refractivity contribution >= 4 is 10.0 Å². The second kappa shape index (κ2) is 2.73. The molecule has 0 bridgehead atoms. The number of nitrogens with zero attached hydrogens (tertiary/aromatic N) is 2. The minimum atomic E-state index is -3.74. The van der Waals surface area contributed by atoms with Gasteiger partial charge in [0.05, 0.1) is 6.61 Å². The van der Waals surface area contributed by atoms with Crippen LogP contribution in [0.3, 0.4) is 0 Å². The van der Waals surface area contributed by atoms with E-state index in [1.807, 2.05) is 4.52 Å². The third-order valence-electron chi connectivity index (χ3n) is 0.474. The van der Waals surface area contributed by atoms with Gasteiger partial charge in [-0.2, -0.15) is 8.42 Å². The van der Waals surface area contributed by atoms with Crippen LogP contribution in [0.1, 0.15) is 0 Å². The molecular weight excluding hydrogens is 132 g/mol. The molecule has 0 aromatic rings. The lowest BCUT2D eigenvalue weighted by Crippen LogP contribution is -2.13. The highest BCUT2D eigenvalue weighted by atomic mass is 32.2. The molecule has 0 heterocycles. The van der Waals surface area contributed by atoms with Crippen molar-refractivity contribution < 1.29 is 13.5 Å². The van der Waals surface area contributed by atoms with Crippen molar-refractivity contribution in [3.8, 4) is 0 Å². The molecule has 0 rings (SSSR count). The van der Waals surface area contributed by atoms with E-state index in [2.05, 4.69) is 0 Å². The summed E-state index contributed by atoms with van der Waals surface area (Å²) in [4.78, 5) is 0. The summed E-state index contributed by atoms with van der Waals surface area (Å²) in [6, 6.07) is 0. The van der Waals surface area contributed by atoms with Crippen molar-refractivity contribution in [3.63, 3.8) is 0 Å². The molecule has 2 radical (unpaired) electrons. The van der Waals surface area contributed by atoms with Crippen LogP contribution >= 0.6 is 0 Å². The van der Waals surface area contributed by atoms with Gasteiger partial charge in [0.15, 0.2) is 0 Å². The number of hydrogen-bond acceptors (Lipinski definition) is 3. The van der Waals surface area contributed by atoms with Gasteiger partial charge in [0.2, 0.25) is 0 Å². The number of hydrogen-bond donors (Lipinski definition) is 1. The van der Waals surface area contributed by atoms with Gasteiger partial charge >= 0.3 is 14.5 Å². The van der Waals surface area contributed by atoms with E-state index in [0.29, 0.717) is 0 Å². The maximum Gasteiger partial charge on any atom is 0.459 e. The zero-order chi connectivity index (χ0) is 6.62. The van der Waals surface area contributed by atoms with E-state index in [4.69, 9.17) is 10.6 Å². The lowest BCUT2D eigenvalue weighted by atomic mass is 10.9. The minimum absolute atomic E-state index is 0.521. The normalized spacial score (nSPS) is 11.1. The van der Waals surface area contributed by atoms with Gasteiger partial charge in [-0.25, -0.2) is 0 Å². The Morgan fingerprint density at radius 2 is 2.12 bits per heavy atom. The molecule has 6 heteroatoms. The van der Waals surface area contributed by atoms with E-state index in [-0.39, 0.29) is 0 Å². The van der Waals surface area contributed by atoms with Crippen molar-refractivity contribution in [1.82, 2.24) is 10.1 Å². The van der Waals surface area contributed by atoms with Crippen molar-refractivity contribution in [3.05, 3.63) is 0 Å². The first kappa shape index (κ1) is 7.51. The molecule has 0 aliphatic heterocycles. The first-order valence-corrected chi connectivity index (χ1v) is 3.43. The van der Waals surface area contributed by atoms with Crippen LogP contribution in [0, 0.1) is 0 Å². The fraction of sp³-hybridized carbons (Fsp3) is 1.00. The van der Waals surface area contributed by atoms with Crippen LogP contribution in [0.4, 0.5) is 0 Å². The van der Waals surface area contributed by atoms with Gasteiger partial charge in [0.25, 0.3) is 5.53 Å². The Labute approximate surface area is 46.9 Å². The van der Waals surface area contributed by atoms with E-state index >= 15 is 0 Å². The zero-order valence-corrected chi connectivity index (χ0v) is 4.80. The molecule has 0 spiro atoms. The maximum absolute atomic E-state index is 10.0. The van der Waals surface area contributed by atoms with Crippen LogP contribution in [-0.4, -0.2) is 25.9 Å². The van der Waals surface area contributed by atoms with Gasteiger partial charge < -0.3 is 5.11 Å². The second-order valence-electron chi connectivity index (χ2n) is 1.09. The molecule has 0 aromatic heterocycles. The molecular formula is C2H5N2O3S+. The van der Waals surface area contributed by atoms with E-state index in [1.165, 1.54) is 0 Å². The number of aliphatic hydroxyl groups excluding tert-OH is 1. The van der Waals surface area contributed by atoms with Gasteiger partial charge in [-0.05, 0) is 0 Å². The average Bonchev–Trinajstić information content (AvgIpc) is 1.67. The summed E-state index contributed by atoms with van der Waals surface area (Å²) in [5.74, 6) is -0.524. The van der Waals surface area contributed by atoms with Crippen molar-refractivity contribution in [2.24, 2.45) is 0 Å². The highest BCUT2D eigenvalue weighted by molar-refractivity contribution is 7.89. The second-order valence-corrected chi connectivity index (χ2v) is 2.83. The van der Waals surface area contributed by atoms with Crippen LogP contribution in [0.2, 0.25) is 0 Å². The molecule has 0 amide bonds. The van der Waals surface area contributed by atoms with Gasteiger partial charge in [0, 0.05) is 0 Å². The Kier molecular flexibility index (Phi) is 2.56. The smallest absolute Gasteiger partial charge is 0.395 e. The van der Waals surface area contributed by atoms with Crippen LogP contribution in [-0.2, 0) is 10.0 Å². The highest BCUT2D eigenvalue weighted by Crippen LogP contribution is 1.76. The third-order valence-corrected chi connectivity index (χ3v) is 1.42. The number of rotatable bonds is 3. The van der Waals surface area contributed by atoms with Crippen molar-refractivity contribution in [2.75, 3.05) is 12.4 Å². The summed E-state index contributed by atoms with van der Waals surface area (Å²) >= 11 is 0. The summed E-state index contributed by atoms with van der Waals surface area (Å²) in [7, 11) is -3.74. The fourth-order valence-electron chi connectivity index (χ4n) is 0.156. The Hall–Kier alpha value is -0.490. The molecule has 0 atom stereocenters. The Morgan fingerprint density at radius 3 is 2.25 bits per heavy atom. The molecule has 0 fully saturated rings. The summed E-state index contributed by atoms with van der Waals surface area (Å²) in [5.41, 5.74) is 7.65. The predicted octanol–water partition coefficient (Wildman–Crippen LogP) is -2.10. The Morgan fingerprint density at radius 1 is 1.62 bits per heavy atom. The van der Waals surface area contributed by atoms with Crippen LogP contribution in [0.15, 0.2) is 0 Å². The summed E-state index contributed by atoms with van der Waals surface area (Å²) in [5, 5.41) is 7.98. The summed E-state index contributed by atoms with van der Waals surface area (Å²) in [6.45, 7) is -0.521. The molecule has 0 saturated heterocycles. The molecule has 1 N–H and O–H groups in total. The van der Waals surface area contributed by atoms with E-state index in [0.717, 1.165) is 0 Å². The lowest BCUT2D eigenvalue weighted by molar-refractivity contribution is 0.319. The summed E-state index contributed by atoms with van der Waals surface area (Å²) in [6.07, 6.45) is 0. The number of sulfonamides is 1. The standard InChI is InChI=1S/C2H5N2O3S/c3-4-8(6,7)2-1-5/h5H,1-2H2/q+1. The first-order valence-electron chi connectivity index (χ1n) is 1.82. The van der Waals surface area contributed by atoms with Crippen LogP contribution in [0.25, 0.3) is 0 Å². The van der Waals surface area contributed by atoms with E-state index in [1.54, 1.807) is 0 Å². The zero-order valence-electron chi connectivity index (χ0n) is 3.98. The quantitative estimate of drug-likeness (QED) is 0.451. The Balaban J connectivity index is 3.95. The molecule has 0 unspecified atom stereocenters. The topological polar surface area (TPSA) is 90.8 Å². The molecule has 0 aliphatic carbocycles. The fourth-order valence-corrected chi connectivity index (χ4v) is 0.469. The van der Waals surface area contributed by atoms with E-state index in [9.17, 15) is 8.42 Å². The molecule has 46 valence electrons. The predicted molar refractivity (Wildman–Crippen MR) is 25.1 cm³/mol. The van der Waals surface area contributed by atoms with Gasteiger partial charge in [-0.3, -0.25) is 0 Å². The molecule has 0 saturated carbocycles. The van der Waals surface area contributed by atoms with Gasteiger partial charge in [0.1, 0.15) is 5.75 Å². The van der Waals surface area contributed by atoms with Crippen LogP contribution in [0.5, 0.6) is 0 Å². The maximum atomic E-state index is 10.0. The highest BCUT2D eigenvalue weighted by Gasteiger charge is 2.19.